The molecule has 0 amide bonds. The summed E-state index contributed by atoms with van der Waals surface area (Å²) in [6.07, 6.45) is 4.62. The van der Waals surface area contributed by atoms with Crippen molar-refractivity contribution >= 4 is 11.3 Å². The summed E-state index contributed by atoms with van der Waals surface area (Å²) < 4.78 is 0. The van der Waals surface area contributed by atoms with E-state index in [-0.39, 0.29) is 0 Å². The molecule has 0 aliphatic heterocycles. The third kappa shape index (κ3) is 1.19. The van der Waals surface area contributed by atoms with Crippen molar-refractivity contribution in [3.05, 3.63) is 16.1 Å². The van der Waals surface area contributed by atoms with Gasteiger partial charge in [-0.2, -0.15) is 0 Å². The average Bonchev–Trinajstić information content (AvgIpc) is 2.61. The molecule has 2 nitrogen and oxygen atoms in total. The molecule has 1 aliphatic rings. The Morgan fingerprint density at radius 3 is 2.91 bits per heavy atom. The first-order valence-corrected chi connectivity index (χ1v) is 4.74. The van der Waals surface area contributed by atoms with E-state index in [2.05, 4.69) is 11.9 Å². The second-order valence-corrected chi connectivity index (χ2v) is 4.12. The number of aryl methyl sites for hydroxylation is 1. The van der Waals surface area contributed by atoms with E-state index in [0.717, 1.165) is 29.1 Å². The van der Waals surface area contributed by atoms with Crippen molar-refractivity contribution < 1.29 is 5.11 Å². The molecule has 1 saturated carbocycles. The van der Waals surface area contributed by atoms with Gasteiger partial charge in [-0.3, -0.25) is 0 Å². The van der Waals surface area contributed by atoms with Crippen LogP contribution in [0.4, 0.5) is 0 Å². The molecule has 1 aromatic heterocycles. The summed E-state index contributed by atoms with van der Waals surface area (Å²) in [4.78, 5) is 5.25. The molecule has 0 radical (unpaired) electrons. The molecule has 11 heavy (non-hydrogen) atoms. The summed E-state index contributed by atoms with van der Waals surface area (Å²) in [5, 5.41) is 10.8. The van der Waals surface area contributed by atoms with Crippen LogP contribution in [-0.2, 0) is 12.0 Å². The molecule has 0 bridgehead atoms. The van der Waals surface area contributed by atoms with Crippen molar-refractivity contribution in [2.75, 3.05) is 0 Å². The van der Waals surface area contributed by atoms with E-state index in [1.165, 1.54) is 0 Å². The van der Waals surface area contributed by atoms with Gasteiger partial charge >= 0.3 is 0 Å². The monoisotopic (exact) mass is 169 g/mol. The Labute approximate surface area is 69.9 Å². The van der Waals surface area contributed by atoms with Crippen LogP contribution in [0.3, 0.4) is 0 Å². The van der Waals surface area contributed by atoms with E-state index in [9.17, 15) is 5.11 Å². The fraction of sp³-hybridized carbons (Fsp3) is 0.625. The van der Waals surface area contributed by atoms with Gasteiger partial charge in [0.2, 0.25) is 0 Å². The highest BCUT2D eigenvalue weighted by molar-refractivity contribution is 7.11. The molecule has 1 heterocycles. The normalized spacial score (nSPS) is 20.2. The van der Waals surface area contributed by atoms with Crippen molar-refractivity contribution in [3.8, 4) is 0 Å². The minimum absolute atomic E-state index is 0.481. The number of hydrogen-bond donors (Lipinski definition) is 1. The second-order valence-electron chi connectivity index (χ2n) is 3.00. The van der Waals surface area contributed by atoms with E-state index in [4.69, 9.17) is 0 Å². The first-order valence-electron chi connectivity index (χ1n) is 3.92. The molecule has 1 N–H and O–H groups in total. The number of aliphatic hydroxyl groups is 1. The lowest BCUT2D eigenvalue weighted by atomic mass is 10.3. The third-order valence-corrected chi connectivity index (χ3v) is 3.37. The van der Waals surface area contributed by atoms with Crippen molar-refractivity contribution in [3.63, 3.8) is 0 Å². The summed E-state index contributed by atoms with van der Waals surface area (Å²) in [6, 6.07) is 0. The quantitative estimate of drug-likeness (QED) is 0.730. The summed E-state index contributed by atoms with van der Waals surface area (Å²) in [7, 11) is 0. The fourth-order valence-corrected chi connectivity index (χ4v) is 2.06. The van der Waals surface area contributed by atoms with Gasteiger partial charge in [0.25, 0.3) is 0 Å². The Morgan fingerprint density at radius 2 is 2.45 bits per heavy atom. The van der Waals surface area contributed by atoms with E-state index in [0.29, 0.717) is 0 Å². The van der Waals surface area contributed by atoms with Crippen LogP contribution < -0.4 is 0 Å². The molecule has 1 aromatic rings. The maximum Gasteiger partial charge on any atom is 0.101 e. The molecular weight excluding hydrogens is 158 g/mol. The highest BCUT2D eigenvalue weighted by Gasteiger charge is 2.43. The molecule has 0 atom stereocenters. The van der Waals surface area contributed by atoms with E-state index in [1.54, 1.807) is 11.3 Å². The predicted molar refractivity (Wildman–Crippen MR) is 44.6 cm³/mol. The maximum atomic E-state index is 9.68. The Kier molecular flexibility index (Phi) is 1.51. The standard InChI is InChI=1S/C8H11NOS/c1-2-7-9-5-6(11-7)8(10)3-4-8/h5,10H,2-4H2,1H3. The van der Waals surface area contributed by atoms with Gasteiger partial charge in [0.1, 0.15) is 5.60 Å². The van der Waals surface area contributed by atoms with Crippen LogP contribution in [0.15, 0.2) is 6.20 Å². The van der Waals surface area contributed by atoms with Crippen LogP contribution in [0, 0.1) is 0 Å². The van der Waals surface area contributed by atoms with Crippen LogP contribution in [0.1, 0.15) is 29.7 Å². The Bertz CT molecular complexity index is 265. The van der Waals surface area contributed by atoms with E-state index in [1.807, 2.05) is 6.20 Å². The Hall–Kier alpha value is -0.410. The first kappa shape index (κ1) is 7.25. The van der Waals surface area contributed by atoms with E-state index < -0.39 is 5.60 Å². The zero-order valence-electron chi connectivity index (χ0n) is 6.50. The molecular formula is C8H11NOS. The first-order chi connectivity index (χ1) is 5.24. The average molecular weight is 169 g/mol. The number of rotatable bonds is 2. The van der Waals surface area contributed by atoms with Gasteiger partial charge in [-0.05, 0) is 19.3 Å². The lowest BCUT2D eigenvalue weighted by molar-refractivity contribution is 0.155. The molecule has 60 valence electrons. The predicted octanol–water partition coefficient (Wildman–Crippen LogP) is 1.69. The van der Waals surface area contributed by atoms with Gasteiger partial charge in [-0.25, -0.2) is 4.98 Å². The smallest absolute Gasteiger partial charge is 0.101 e. The summed E-state index contributed by atoms with van der Waals surface area (Å²) in [6.45, 7) is 2.08. The van der Waals surface area contributed by atoms with Gasteiger partial charge in [0.05, 0.1) is 9.88 Å². The zero-order chi connectivity index (χ0) is 7.90. The van der Waals surface area contributed by atoms with Crippen molar-refractivity contribution in [1.82, 2.24) is 4.98 Å². The largest absolute Gasteiger partial charge is 0.384 e. The molecule has 0 spiro atoms. The Morgan fingerprint density at radius 1 is 1.73 bits per heavy atom. The van der Waals surface area contributed by atoms with Crippen molar-refractivity contribution in [2.24, 2.45) is 0 Å². The van der Waals surface area contributed by atoms with Gasteiger partial charge in [-0.1, -0.05) is 6.92 Å². The summed E-state index contributed by atoms with van der Waals surface area (Å²) in [5.74, 6) is 0. The van der Waals surface area contributed by atoms with Gasteiger partial charge in [0.15, 0.2) is 0 Å². The molecule has 0 aromatic carbocycles. The number of thiazole rings is 1. The SMILES string of the molecule is CCc1ncc(C2(O)CC2)s1. The van der Waals surface area contributed by atoms with Crippen LogP contribution >= 0.6 is 11.3 Å². The topological polar surface area (TPSA) is 33.1 Å². The summed E-state index contributed by atoms with van der Waals surface area (Å²) >= 11 is 1.64. The summed E-state index contributed by atoms with van der Waals surface area (Å²) in [5.41, 5.74) is -0.481. The van der Waals surface area contributed by atoms with Crippen molar-refractivity contribution in [2.45, 2.75) is 31.8 Å². The van der Waals surface area contributed by atoms with Gasteiger partial charge in [-0.15, -0.1) is 11.3 Å². The Balaban J connectivity index is 2.25. The highest BCUT2D eigenvalue weighted by Crippen LogP contribution is 2.47. The second kappa shape index (κ2) is 2.29. The maximum absolute atomic E-state index is 9.68. The van der Waals surface area contributed by atoms with Crippen LogP contribution in [0.2, 0.25) is 0 Å². The lowest BCUT2D eigenvalue weighted by Gasteiger charge is -1.99. The lowest BCUT2D eigenvalue weighted by Crippen LogP contribution is -1.99. The molecule has 1 aliphatic carbocycles. The van der Waals surface area contributed by atoms with E-state index >= 15 is 0 Å². The number of hydrogen-bond acceptors (Lipinski definition) is 3. The highest BCUT2D eigenvalue weighted by atomic mass is 32.1. The minimum atomic E-state index is -0.481. The molecule has 0 unspecified atom stereocenters. The third-order valence-electron chi connectivity index (χ3n) is 2.04. The minimum Gasteiger partial charge on any atom is -0.384 e. The number of nitrogens with zero attached hydrogens (tertiary/aromatic N) is 1. The molecule has 3 heteroatoms. The van der Waals surface area contributed by atoms with Crippen LogP contribution in [0.25, 0.3) is 0 Å². The molecule has 0 saturated heterocycles. The molecule has 2 rings (SSSR count). The van der Waals surface area contributed by atoms with Gasteiger partial charge in [0, 0.05) is 6.20 Å². The number of aromatic nitrogens is 1. The van der Waals surface area contributed by atoms with Crippen LogP contribution in [0.5, 0.6) is 0 Å². The zero-order valence-corrected chi connectivity index (χ0v) is 7.32. The van der Waals surface area contributed by atoms with Crippen molar-refractivity contribution in [1.29, 1.82) is 0 Å². The fourth-order valence-electron chi connectivity index (χ4n) is 1.05. The van der Waals surface area contributed by atoms with Crippen LogP contribution in [-0.4, -0.2) is 10.1 Å². The van der Waals surface area contributed by atoms with Gasteiger partial charge < -0.3 is 5.11 Å². The molecule has 1 fully saturated rings.